The van der Waals surface area contributed by atoms with Gasteiger partial charge in [-0.25, -0.2) is 10.3 Å². The molecule has 25 heavy (non-hydrogen) atoms. The van der Waals surface area contributed by atoms with Crippen LogP contribution in [0.4, 0.5) is 4.79 Å². The van der Waals surface area contributed by atoms with Gasteiger partial charge in [0.05, 0.1) is 12.6 Å². The highest BCUT2D eigenvalue weighted by Crippen LogP contribution is 2.25. The van der Waals surface area contributed by atoms with Gasteiger partial charge < -0.3 is 4.90 Å². The maximum Gasteiger partial charge on any atom is 0.344 e. The molecule has 2 saturated heterocycles. The van der Waals surface area contributed by atoms with Crippen molar-refractivity contribution in [3.8, 4) is 0 Å². The average Bonchev–Trinajstić information content (AvgIpc) is 2.87. The molecule has 3 rings (SSSR count). The number of carbonyl (C=O) groups is 2. The molecule has 138 valence electrons. The van der Waals surface area contributed by atoms with Gasteiger partial charge in [0, 0.05) is 19.6 Å². The maximum absolute atomic E-state index is 11.9. The molecule has 2 heterocycles. The summed E-state index contributed by atoms with van der Waals surface area (Å²) in [5.74, 6) is 0. The van der Waals surface area contributed by atoms with Crippen LogP contribution >= 0.6 is 9.39 Å². The topological polar surface area (TPSA) is 83.1 Å². The van der Waals surface area contributed by atoms with Crippen LogP contribution in [0.25, 0.3) is 0 Å². The summed E-state index contributed by atoms with van der Waals surface area (Å²) in [5, 5.41) is 4.33. The first-order chi connectivity index (χ1) is 12.3. The third kappa shape index (κ3) is 6.25. The second-order valence-corrected chi connectivity index (χ2v) is 6.06. The van der Waals surface area contributed by atoms with Crippen LogP contribution in [0.3, 0.4) is 0 Å². The van der Waals surface area contributed by atoms with Gasteiger partial charge in [0.1, 0.15) is 6.61 Å². The van der Waals surface area contributed by atoms with Crippen molar-refractivity contribution in [2.45, 2.75) is 25.5 Å². The smallest absolute Gasteiger partial charge is 0.321 e. The number of rotatable bonds is 8. The first-order valence-electron chi connectivity index (χ1n) is 8.25. The molecular formula is C16H25N4O4P. The lowest BCUT2D eigenvalue weighted by Gasteiger charge is -2.22. The van der Waals surface area contributed by atoms with Crippen LogP contribution in [0.5, 0.6) is 0 Å². The maximum atomic E-state index is 11.9. The Morgan fingerprint density at radius 2 is 2.12 bits per heavy atom. The zero-order valence-corrected chi connectivity index (χ0v) is 15.3. The van der Waals surface area contributed by atoms with Gasteiger partial charge in [0.2, 0.25) is 6.41 Å². The Balaban J connectivity index is 0.000000242. The second kappa shape index (κ2) is 11.0. The van der Waals surface area contributed by atoms with Crippen molar-refractivity contribution in [1.82, 2.24) is 20.5 Å². The Morgan fingerprint density at radius 3 is 2.80 bits per heavy atom. The number of piperidine rings is 1. The fraction of sp³-hybridized carbons (Fsp3) is 0.500. The van der Waals surface area contributed by atoms with Crippen LogP contribution in [-0.2, 0) is 21.1 Å². The molecule has 1 aromatic rings. The quantitative estimate of drug-likeness (QED) is 0.310. The van der Waals surface area contributed by atoms with Crippen molar-refractivity contribution in [3.05, 3.63) is 35.9 Å². The van der Waals surface area contributed by atoms with E-state index < -0.39 is 0 Å². The molecule has 0 aliphatic carbocycles. The summed E-state index contributed by atoms with van der Waals surface area (Å²) >= 11 is 0. The van der Waals surface area contributed by atoms with E-state index in [0.717, 1.165) is 31.5 Å². The lowest BCUT2D eigenvalue weighted by molar-refractivity contribution is -0.140. The fourth-order valence-electron chi connectivity index (χ4n) is 2.70. The Kier molecular flexibility index (Phi) is 8.62. The minimum absolute atomic E-state index is 0.0310. The number of hydroxylamine groups is 3. The van der Waals surface area contributed by atoms with Crippen LogP contribution in [0.1, 0.15) is 18.4 Å². The molecule has 0 saturated carbocycles. The van der Waals surface area contributed by atoms with E-state index in [1.54, 1.807) is 5.06 Å². The van der Waals surface area contributed by atoms with Gasteiger partial charge in [-0.15, -0.1) is 0 Å². The number of fused-ring (bicyclic) bond motifs is 2. The Morgan fingerprint density at radius 1 is 1.32 bits per heavy atom. The Bertz CT molecular complexity index is 534. The summed E-state index contributed by atoms with van der Waals surface area (Å²) in [6.45, 7) is 3.35. The van der Waals surface area contributed by atoms with E-state index >= 15 is 0 Å². The van der Waals surface area contributed by atoms with Crippen LogP contribution in [0.15, 0.2) is 30.3 Å². The zero-order chi connectivity index (χ0) is 17.9. The molecule has 0 radical (unpaired) electrons. The van der Waals surface area contributed by atoms with Gasteiger partial charge in [-0.3, -0.25) is 19.6 Å². The molecule has 2 N–H and O–H groups in total. The first-order valence-corrected chi connectivity index (χ1v) is 8.83. The SMILES string of the molecule is O=C1N2CCCC(C2)N1OCc1ccccc1.O=CNOCCNP. The minimum atomic E-state index is 0.0310. The normalized spacial score (nSPS) is 18.6. The summed E-state index contributed by atoms with van der Waals surface area (Å²) < 4.78 is 0. The number of urea groups is 1. The summed E-state index contributed by atoms with van der Waals surface area (Å²) in [4.78, 5) is 33.5. The zero-order valence-electron chi connectivity index (χ0n) is 14.1. The van der Waals surface area contributed by atoms with Gasteiger partial charge in [-0.1, -0.05) is 39.7 Å². The highest BCUT2D eigenvalue weighted by Gasteiger charge is 2.40. The number of nitrogens with zero attached hydrogens (tertiary/aromatic N) is 2. The van der Waals surface area contributed by atoms with E-state index in [2.05, 4.69) is 24.8 Å². The molecular weight excluding hydrogens is 343 g/mol. The van der Waals surface area contributed by atoms with Crippen molar-refractivity contribution in [1.29, 1.82) is 0 Å². The van der Waals surface area contributed by atoms with Gasteiger partial charge in [-0.2, -0.15) is 5.06 Å². The van der Waals surface area contributed by atoms with Crippen molar-refractivity contribution >= 4 is 21.8 Å². The number of carbonyl (C=O) groups excluding carboxylic acids is 2. The number of benzene rings is 1. The average molecular weight is 368 g/mol. The van der Waals surface area contributed by atoms with Crippen molar-refractivity contribution in [2.24, 2.45) is 0 Å². The standard InChI is InChI=1S/C13H16N2O2.C3H9N2O2P/c16-13-14-8-4-7-12(9-14)15(13)17-10-11-5-2-1-3-6-11;6-3-4-7-2-1-5-8/h1-3,5-6,12H,4,7-10H2;3,5H,1-2,8H2,(H,4,6). The van der Waals surface area contributed by atoms with Crippen LogP contribution < -0.4 is 10.6 Å². The number of amides is 3. The summed E-state index contributed by atoms with van der Waals surface area (Å²) in [5.41, 5.74) is 3.15. The lowest BCUT2D eigenvalue weighted by atomic mass is 10.1. The van der Waals surface area contributed by atoms with E-state index in [1.165, 1.54) is 0 Å². The van der Waals surface area contributed by atoms with E-state index in [0.29, 0.717) is 26.2 Å². The van der Waals surface area contributed by atoms with Crippen LogP contribution in [0, 0.1) is 0 Å². The molecule has 3 amide bonds. The van der Waals surface area contributed by atoms with Gasteiger partial charge in [0.15, 0.2) is 0 Å². The molecule has 1 aromatic carbocycles. The summed E-state index contributed by atoms with van der Waals surface area (Å²) in [6, 6.07) is 10.2. The highest BCUT2D eigenvalue weighted by molar-refractivity contribution is 7.13. The fourth-order valence-corrected chi connectivity index (χ4v) is 2.82. The molecule has 2 atom stereocenters. The largest absolute Gasteiger partial charge is 0.344 e. The predicted molar refractivity (Wildman–Crippen MR) is 95.9 cm³/mol. The molecule has 9 heteroatoms. The van der Waals surface area contributed by atoms with Crippen molar-refractivity contribution < 1.29 is 19.3 Å². The third-order valence-corrected chi connectivity index (χ3v) is 4.17. The number of hydrogen-bond acceptors (Lipinski definition) is 5. The minimum Gasteiger partial charge on any atom is -0.321 e. The molecule has 0 spiro atoms. The summed E-state index contributed by atoms with van der Waals surface area (Å²) in [6.07, 6.45) is 2.63. The van der Waals surface area contributed by atoms with Crippen LogP contribution in [0.2, 0.25) is 0 Å². The van der Waals surface area contributed by atoms with Gasteiger partial charge in [-0.05, 0) is 18.4 Å². The van der Waals surface area contributed by atoms with Crippen LogP contribution in [-0.4, -0.2) is 54.7 Å². The number of hydrogen-bond donors (Lipinski definition) is 2. The van der Waals surface area contributed by atoms with Gasteiger partial charge in [0.25, 0.3) is 0 Å². The Hall–Kier alpha value is -1.73. The van der Waals surface area contributed by atoms with Crippen molar-refractivity contribution in [3.63, 3.8) is 0 Å². The molecule has 2 unspecified atom stereocenters. The monoisotopic (exact) mass is 368 g/mol. The van der Waals surface area contributed by atoms with E-state index in [4.69, 9.17) is 4.84 Å². The molecule has 2 aliphatic heterocycles. The lowest BCUT2D eigenvalue weighted by Crippen LogP contribution is -2.33. The highest BCUT2D eigenvalue weighted by atomic mass is 31.0. The molecule has 2 fully saturated rings. The predicted octanol–water partition coefficient (Wildman–Crippen LogP) is 1.06. The van der Waals surface area contributed by atoms with E-state index in [9.17, 15) is 9.59 Å². The van der Waals surface area contributed by atoms with E-state index in [1.807, 2.05) is 35.2 Å². The number of nitrogens with one attached hydrogen (secondary N) is 2. The van der Waals surface area contributed by atoms with Crippen molar-refractivity contribution in [2.75, 3.05) is 26.2 Å². The summed E-state index contributed by atoms with van der Waals surface area (Å²) in [7, 11) is 2.32. The first kappa shape index (κ1) is 19.6. The Labute approximate surface area is 150 Å². The van der Waals surface area contributed by atoms with Gasteiger partial charge >= 0.3 is 6.03 Å². The molecule has 2 aliphatic rings. The second-order valence-electron chi connectivity index (χ2n) is 5.65. The molecule has 2 bridgehead atoms. The molecule has 8 nitrogen and oxygen atoms in total. The molecule has 0 aromatic heterocycles. The third-order valence-electron chi connectivity index (χ3n) is 3.88. The van der Waals surface area contributed by atoms with E-state index in [-0.39, 0.29) is 12.1 Å².